The first-order valence-electron chi connectivity index (χ1n) is 6.80. The lowest BCUT2D eigenvalue weighted by atomic mass is 10.2. The number of nitrogens with zero attached hydrogens (tertiary/aromatic N) is 2. The van der Waals surface area contributed by atoms with Gasteiger partial charge in [0.05, 0.1) is 10.7 Å². The van der Waals surface area contributed by atoms with Gasteiger partial charge in [-0.3, -0.25) is 4.79 Å². The maximum atomic E-state index is 12.3. The molecule has 1 saturated carbocycles. The molecule has 1 fully saturated rings. The molecule has 0 aromatic carbocycles. The second-order valence-corrected chi connectivity index (χ2v) is 6.20. The van der Waals surface area contributed by atoms with Crippen molar-refractivity contribution >= 4 is 22.9 Å². The van der Waals surface area contributed by atoms with E-state index in [0.717, 1.165) is 17.8 Å². The first-order chi connectivity index (χ1) is 9.65. The summed E-state index contributed by atoms with van der Waals surface area (Å²) < 4.78 is 2.00. The lowest BCUT2D eigenvalue weighted by Crippen LogP contribution is -2.29. The summed E-state index contributed by atoms with van der Waals surface area (Å²) in [7, 11) is 0. The molecule has 5 nitrogen and oxygen atoms in total. The number of aromatic nitrogens is 2. The molecular formula is C14H18N4OS. The molecule has 3 N–H and O–H groups in total. The topological polar surface area (TPSA) is 72.9 Å². The number of nitrogens with two attached hydrogens (primary N) is 1. The van der Waals surface area contributed by atoms with Gasteiger partial charge in [-0.2, -0.15) is 0 Å². The number of rotatable bonds is 5. The summed E-state index contributed by atoms with van der Waals surface area (Å²) in [6, 6.07) is 2.20. The van der Waals surface area contributed by atoms with Crippen LogP contribution >= 0.6 is 11.3 Å². The van der Waals surface area contributed by atoms with Crippen molar-refractivity contribution in [2.45, 2.75) is 31.7 Å². The Labute approximate surface area is 121 Å². The fourth-order valence-corrected chi connectivity index (χ4v) is 2.94. The molecule has 0 saturated heterocycles. The van der Waals surface area contributed by atoms with Gasteiger partial charge in [0.15, 0.2) is 0 Å². The average molecular weight is 290 g/mol. The Balaban J connectivity index is 1.64. The van der Waals surface area contributed by atoms with Crippen LogP contribution in [-0.2, 0) is 0 Å². The molecule has 2 heterocycles. The minimum absolute atomic E-state index is 0.0583. The van der Waals surface area contributed by atoms with Crippen molar-refractivity contribution < 1.29 is 4.79 Å². The van der Waals surface area contributed by atoms with Crippen molar-refractivity contribution in [1.82, 2.24) is 14.9 Å². The van der Waals surface area contributed by atoms with Crippen LogP contribution in [0.1, 0.15) is 47.2 Å². The third-order valence-corrected chi connectivity index (χ3v) is 4.49. The number of carbonyl (C=O) groups is 1. The van der Waals surface area contributed by atoms with Crippen molar-refractivity contribution in [2.24, 2.45) is 0 Å². The third kappa shape index (κ3) is 2.70. The monoisotopic (exact) mass is 290 g/mol. The quantitative estimate of drug-likeness (QED) is 0.888. The van der Waals surface area contributed by atoms with Crippen molar-refractivity contribution in [3.8, 4) is 0 Å². The molecule has 0 radical (unpaired) electrons. The Morgan fingerprint density at radius 3 is 3.10 bits per heavy atom. The summed E-state index contributed by atoms with van der Waals surface area (Å²) in [5, 5.41) is 5.97. The van der Waals surface area contributed by atoms with E-state index in [-0.39, 0.29) is 11.8 Å². The Hall–Kier alpha value is -1.82. The maximum Gasteiger partial charge on any atom is 0.268 e. The van der Waals surface area contributed by atoms with E-state index < -0.39 is 0 Å². The van der Waals surface area contributed by atoms with Crippen LogP contribution < -0.4 is 11.1 Å². The van der Waals surface area contributed by atoms with E-state index in [2.05, 4.69) is 17.2 Å². The number of thiazole rings is 1. The van der Waals surface area contributed by atoms with E-state index in [0.29, 0.717) is 24.0 Å². The second-order valence-electron chi connectivity index (χ2n) is 5.28. The molecule has 1 aliphatic rings. The largest absolute Gasteiger partial charge is 0.397 e. The Kier molecular flexibility index (Phi) is 3.48. The van der Waals surface area contributed by atoms with Crippen LogP contribution in [0.3, 0.4) is 0 Å². The molecule has 0 aliphatic heterocycles. The fourth-order valence-electron chi connectivity index (χ4n) is 2.24. The standard InChI is InChI=1S/C14H18N4OS/c1-9(14-16-4-5-20-14)7-17-13(19)12-6-10(15)8-18(12)11-2-3-11/h4-6,8-9,11H,2-3,7,15H2,1H3,(H,17,19). The Bertz CT molecular complexity index is 601. The number of nitrogen functional groups attached to an aromatic ring is 1. The van der Waals surface area contributed by atoms with Gasteiger partial charge in [0.25, 0.3) is 5.91 Å². The molecule has 0 bridgehead atoms. The van der Waals surface area contributed by atoms with Gasteiger partial charge < -0.3 is 15.6 Å². The van der Waals surface area contributed by atoms with Crippen LogP contribution in [-0.4, -0.2) is 22.0 Å². The summed E-state index contributed by atoms with van der Waals surface area (Å²) in [4.78, 5) is 16.5. The van der Waals surface area contributed by atoms with Crippen molar-refractivity contribution in [2.75, 3.05) is 12.3 Å². The summed E-state index contributed by atoms with van der Waals surface area (Å²) in [5.74, 6) is 0.164. The molecule has 0 spiro atoms. The van der Waals surface area contributed by atoms with Gasteiger partial charge in [0, 0.05) is 36.3 Å². The van der Waals surface area contributed by atoms with Crippen LogP contribution in [0.4, 0.5) is 5.69 Å². The lowest BCUT2D eigenvalue weighted by molar-refractivity contribution is 0.0942. The van der Waals surface area contributed by atoms with Crippen LogP contribution in [0.25, 0.3) is 0 Å². The van der Waals surface area contributed by atoms with Gasteiger partial charge in [-0.25, -0.2) is 4.98 Å². The predicted octanol–water partition coefficient (Wildman–Crippen LogP) is 2.40. The SMILES string of the molecule is CC(CNC(=O)c1cc(N)cn1C1CC1)c1nccs1. The van der Waals surface area contributed by atoms with E-state index >= 15 is 0 Å². The molecule has 2 aromatic rings. The summed E-state index contributed by atoms with van der Waals surface area (Å²) in [5.41, 5.74) is 7.12. The molecule has 1 unspecified atom stereocenters. The molecule has 1 aliphatic carbocycles. The highest BCUT2D eigenvalue weighted by molar-refractivity contribution is 7.09. The summed E-state index contributed by atoms with van der Waals surface area (Å²) >= 11 is 1.61. The summed E-state index contributed by atoms with van der Waals surface area (Å²) in [6.45, 7) is 2.65. The first-order valence-corrected chi connectivity index (χ1v) is 7.68. The highest BCUT2D eigenvalue weighted by atomic mass is 32.1. The number of anilines is 1. The number of amides is 1. The van der Waals surface area contributed by atoms with Gasteiger partial charge in [0.2, 0.25) is 0 Å². The van der Waals surface area contributed by atoms with E-state index in [4.69, 9.17) is 5.73 Å². The molecular weight excluding hydrogens is 272 g/mol. The predicted molar refractivity (Wildman–Crippen MR) is 80.0 cm³/mol. The third-order valence-electron chi connectivity index (χ3n) is 3.48. The zero-order valence-corrected chi connectivity index (χ0v) is 12.2. The van der Waals surface area contributed by atoms with Crippen LogP contribution in [0.15, 0.2) is 23.8 Å². The molecule has 20 heavy (non-hydrogen) atoms. The van der Waals surface area contributed by atoms with E-state index in [1.54, 1.807) is 23.6 Å². The molecule has 2 aromatic heterocycles. The zero-order valence-electron chi connectivity index (χ0n) is 11.4. The van der Waals surface area contributed by atoms with Crippen molar-refractivity contribution in [3.63, 3.8) is 0 Å². The first kappa shape index (κ1) is 13.2. The number of carbonyl (C=O) groups excluding carboxylic acids is 1. The summed E-state index contributed by atoms with van der Waals surface area (Å²) in [6.07, 6.45) is 5.90. The fraction of sp³-hybridized carbons (Fsp3) is 0.429. The molecule has 6 heteroatoms. The molecule has 1 amide bonds. The minimum atomic E-state index is -0.0583. The van der Waals surface area contributed by atoms with E-state index in [9.17, 15) is 4.79 Å². The van der Waals surface area contributed by atoms with E-state index in [1.807, 2.05) is 16.1 Å². The molecule has 1 atom stereocenters. The number of nitrogens with one attached hydrogen (secondary N) is 1. The van der Waals surface area contributed by atoms with Crippen LogP contribution in [0, 0.1) is 0 Å². The van der Waals surface area contributed by atoms with E-state index in [1.165, 1.54) is 0 Å². The Morgan fingerprint density at radius 1 is 1.65 bits per heavy atom. The minimum Gasteiger partial charge on any atom is -0.397 e. The highest BCUT2D eigenvalue weighted by Crippen LogP contribution is 2.37. The Morgan fingerprint density at radius 2 is 2.45 bits per heavy atom. The van der Waals surface area contributed by atoms with Gasteiger partial charge in [-0.1, -0.05) is 6.92 Å². The molecule has 3 rings (SSSR count). The lowest BCUT2D eigenvalue weighted by Gasteiger charge is -2.11. The highest BCUT2D eigenvalue weighted by Gasteiger charge is 2.27. The van der Waals surface area contributed by atoms with Crippen LogP contribution in [0.2, 0.25) is 0 Å². The van der Waals surface area contributed by atoms with Gasteiger partial charge in [-0.15, -0.1) is 11.3 Å². The van der Waals surface area contributed by atoms with Gasteiger partial charge >= 0.3 is 0 Å². The average Bonchev–Trinajstić information content (AvgIpc) is 2.98. The number of hydrogen-bond acceptors (Lipinski definition) is 4. The number of hydrogen-bond donors (Lipinski definition) is 2. The van der Waals surface area contributed by atoms with Gasteiger partial charge in [-0.05, 0) is 18.9 Å². The zero-order chi connectivity index (χ0) is 14.1. The molecule has 106 valence electrons. The van der Waals surface area contributed by atoms with Crippen molar-refractivity contribution in [1.29, 1.82) is 0 Å². The smallest absolute Gasteiger partial charge is 0.268 e. The maximum absolute atomic E-state index is 12.3. The second kappa shape index (κ2) is 5.28. The van der Waals surface area contributed by atoms with Crippen LogP contribution in [0.5, 0.6) is 0 Å². The van der Waals surface area contributed by atoms with Crippen molar-refractivity contribution in [3.05, 3.63) is 34.5 Å². The normalized spacial score (nSPS) is 16.1. The van der Waals surface area contributed by atoms with Gasteiger partial charge in [0.1, 0.15) is 5.69 Å².